The first kappa shape index (κ1) is 25.3. The van der Waals surface area contributed by atoms with Crippen molar-refractivity contribution >= 4 is 93.3 Å². The summed E-state index contributed by atoms with van der Waals surface area (Å²) in [7, 11) is 1.42. The zero-order valence-corrected chi connectivity index (χ0v) is 20.3. The van der Waals surface area contributed by atoms with Gasteiger partial charge in [-0.3, -0.25) is 24.1 Å². The van der Waals surface area contributed by atoms with Gasteiger partial charge in [-0.25, -0.2) is 4.79 Å². The number of benzene rings is 2. The summed E-state index contributed by atoms with van der Waals surface area (Å²) in [5, 5.41) is 9.45. The van der Waals surface area contributed by atoms with Crippen LogP contribution in [-0.2, 0) is 14.4 Å². The van der Waals surface area contributed by atoms with Crippen LogP contribution in [0.2, 0.25) is 20.1 Å². The van der Waals surface area contributed by atoms with Crippen LogP contribution < -0.4 is 5.32 Å². The molecule has 1 fully saturated rings. The van der Waals surface area contributed by atoms with E-state index in [2.05, 4.69) is 5.32 Å². The number of thioether (sulfide) groups is 1. The number of amides is 3. The summed E-state index contributed by atoms with van der Waals surface area (Å²) in [6.45, 7) is 0. The number of anilines is 1. The Morgan fingerprint density at radius 1 is 0.970 bits per heavy atom. The molecule has 33 heavy (non-hydrogen) atoms. The van der Waals surface area contributed by atoms with Crippen LogP contribution in [0.15, 0.2) is 29.2 Å². The molecule has 8 nitrogen and oxygen atoms in total. The third-order valence-electron chi connectivity index (χ3n) is 4.64. The molecule has 1 aliphatic rings. The highest BCUT2D eigenvalue weighted by molar-refractivity contribution is 8.00. The maximum absolute atomic E-state index is 12.7. The van der Waals surface area contributed by atoms with Crippen molar-refractivity contribution in [3.8, 4) is 0 Å². The summed E-state index contributed by atoms with van der Waals surface area (Å²) in [6.07, 6.45) is 0.0892. The quantitative estimate of drug-likeness (QED) is 0.176. The van der Waals surface area contributed by atoms with Crippen molar-refractivity contribution < 1.29 is 29.1 Å². The number of Topliss-reactive ketones (excluding diaryl/α,β-unsaturated/α-hetero) is 1. The van der Waals surface area contributed by atoms with Crippen molar-refractivity contribution in [1.29, 1.82) is 0 Å². The number of carboxylic acids is 1. The fraction of sp³-hybridized carbons (Fsp3) is 0.150. The van der Waals surface area contributed by atoms with E-state index < -0.39 is 44.1 Å². The van der Waals surface area contributed by atoms with Gasteiger partial charge in [0.05, 0.1) is 36.5 Å². The molecular formula is C20H12Cl4N2O6S. The molecule has 13 heteroatoms. The molecule has 1 unspecified atom stereocenters. The van der Waals surface area contributed by atoms with Gasteiger partial charge in [0, 0.05) is 24.1 Å². The van der Waals surface area contributed by atoms with Crippen molar-refractivity contribution in [1.82, 2.24) is 4.90 Å². The maximum atomic E-state index is 12.7. The molecule has 2 aromatic rings. The fourth-order valence-corrected chi connectivity index (χ4v) is 5.07. The number of hydrogen-bond acceptors (Lipinski definition) is 6. The first-order chi connectivity index (χ1) is 15.4. The van der Waals surface area contributed by atoms with Crippen LogP contribution in [0, 0.1) is 0 Å². The van der Waals surface area contributed by atoms with Crippen molar-refractivity contribution in [2.45, 2.75) is 16.6 Å². The lowest BCUT2D eigenvalue weighted by atomic mass is 10.0. The number of hydrogen-bond donors (Lipinski definition) is 2. The Morgan fingerprint density at radius 3 is 2.00 bits per heavy atom. The number of ketones is 1. The van der Waals surface area contributed by atoms with E-state index in [1.807, 2.05) is 0 Å². The molecule has 172 valence electrons. The highest BCUT2D eigenvalue weighted by Crippen LogP contribution is 2.42. The number of halogens is 4. The summed E-state index contributed by atoms with van der Waals surface area (Å²) in [4.78, 5) is 62.2. The van der Waals surface area contributed by atoms with Gasteiger partial charge in [-0.05, 0) is 24.3 Å². The van der Waals surface area contributed by atoms with Gasteiger partial charge >= 0.3 is 5.97 Å². The summed E-state index contributed by atoms with van der Waals surface area (Å²) in [5.74, 6) is -4.65. The average Bonchev–Trinajstić information content (AvgIpc) is 3.01. The Labute approximate surface area is 211 Å². The van der Waals surface area contributed by atoms with E-state index in [4.69, 9.17) is 46.4 Å². The molecule has 1 aliphatic heterocycles. The number of carbonyl (C=O) groups is 5. The number of nitrogens with one attached hydrogen (secondary N) is 1. The zero-order chi connectivity index (χ0) is 24.6. The second kappa shape index (κ2) is 9.90. The largest absolute Gasteiger partial charge is 0.478 e. The second-order valence-corrected chi connectivity index (χ2v) is 9.51. The minimum absolute atomic E-state index is 0.0892. The number of imide groups is 1. The van der Waals surface area contributed by atoms with Crippen molar-refractivity contribution in [2.24, 2.45) is 0 Å². The first-order valence-corrected chi connectivity index (χ1v) is 11.3. The number of carbonyl (C=O) groups excluding carboxylic acids is 4. The van der Waals surface area contributed by atoms with Crippen molar-refractivity contribution in [2.75, 3.05) is 12.4 Å². The van der Waals surface area contributed by atoms with Gasteiger partial charge in [-0.2, -0.15) is 0 Å². The van der Waals surface area contributed by atoms with Gasteiger partial charge < -0.3 is 10.4 Å². The van der Waals surface area contributed by atoms with Crippen LogP contribution in [0.3, 0.4) is 0 Å². The molecule has 2 aromatic carbocycles. The predicted molar refractivity (Wildman–Crippen MR) is 125 cm³/mol. The van der Waals surface area contributed by atoms with E-state index in [-0.39, 0.29) is 34.0 Å². The summed E-state index contributed by atoms with van der Waals surface area (Å²) in [6, 6.07) is 6.12. The van der Waals surface area contributed by atoms with Gasteiger partial charge in [0.25, 0.3) is 11.7 Å². The first-order valence-electron chi connectivity index (χ1n) is 8.96. The Morgan fingerprint density at radius 2 is 1.52 bits per heavy atom. The minimum atomic E-state index is -1.62. The molecule has 0 aliphatic carbocycles. The summed E-state index contributed by atoms with van der Waals surface area (Å²) in [5.41, 5.74) is -1.23. The normalized spacial score (nSPS) is 15.7. The van der Waals surface area contributed by atoms with Gasteiger partial charge in [0.15, 0.2) is 0 Å². The molecule has 1 saturated heterocycles. The third-order valence-corrected chi connectivity index (χ3v) is 7.64. The monoisotopic (exact) mass is 548 g/mol. The minimum Gasteiger partial charge on any atom is -0.478 e. The summed E-state index contributed by atoms with van der Waals surface area (Å²) < 4.78 is 0. The van der Waals surface area contributed by atoms with E-state index in [0.29, 0.717) is 4.90 Å². The number of aromatic carboxylic acids is 1. The SMILES string of the molecule is CN1C(=O)CC(Sc2ccc(NC(=O)C(=O)c3c(Cl)c(Cl)c(Cl)c(Cl)c3C(=O)O)cc2)C1=O. The molecule has 1 heterocycles. The molecule has 0 spiro atoms. The van der Waals surface area contributed by atoms with Crippen LogP contribution >= 0.6 is 58.2 Å². The molecule has 0 radical (unpaired) electrons. The predicted octanol–water partition coefficient (Wildman–Crippen LogP) is 4.67. The van der Waals surface area contributed by atoms with E-state index in [0.717, 1.165) is 4.90 Å². The molecule has 2 N–H and O–H groups in total. The lowest BCUT2D eigenvalue weighted by Gasteiger charge is -2.13. The highest BCUT2D eigenvalue weighted by Gasteiger charge is 2.36. The summed E-state index contributed by atoms with van der Waals surface area (Å²) >= 11 is 24.9. The molecule has 3 rings (SSSR count). The van der Waals surface area contributed by atoms with Crippen LogP contribution in [0.4, 0.5) is 5.69 Å². The molecule has 0 saturated carbocycles. The van der Waals surface area contributed by atoms with Crippen LogP contribution in [0.5, 0.6) is 0 Å². The van der Waals surface area contributed by atoms with Gasteiger partial charge in [-0.1, -0.05) is 46.4 Å². The number of likely N-dealkylation sites (tertiary alicyclic amines) is 1. The standard InChI is InChI=1S/C20H12Cl4N2O6S/c1-26-10(27)6-9(19(26)30)33-8-4-2-7(3-5-8)25-18(29)17(28)11-12(20(31)32)14(22)16(24)15(23)13(11)21/h2-5,9H,6H2,1H3,(H,25,29)(H,31,32). The van der Waals surface area contributed by atoms with Gasteiger partial charge in [0.1, 0.15) is 0 Å². The van der Waals surface area contributed by atoms with E-state index >= 15 is 0 Å². The Kier molecular flexibility index (Phi) is 7.60. The lowest BCUT2D eigenvalue weighted by Crippen LogP contribution is -2.26. The molecule has 1 atom stereocenters. The third kappa shape index (κ3) is 4.97. The topological polar surface area (TPSA) is 121 Å². The number of carboxylic acid groups (broad SMARTS) is 1. The van der Waals surface area contributed by atoms with Gasteiger partial charge in [0.2, 0.25) is 11.8 Å². The van der Waals surface area contributed by atoms with E-state index in [1.165, 1.54) is 30.9 Å². The van der Waals surface area contributed by atoms with Gasteiger partial charge in [-0.15, -0.1) is 11.8 Å². The Hall–Kier alpha value is -2.30. The molecular weight excluding hydrogens is 538 g/mol. The second-order valence-electron chi connectivity index (χ2n) is 6.72. The lowest BCUT2D eigenvalue weighted by molar-refractivity contribution is -0.136. The maximum Gasteiger partial charge on any atom is 0.338 e. The molecule has 3 amide bonds. The fourth-order valence-electron chi connectivity index (χ4n) is 2.94. The van der Waals surface area contributed by atoms with Crippen LogP contribution in [0.25, 0.3) is 0 Å². The molecule has 0 bridgehead atoms. The van der Waals surface area contributed by atoms with Crippen molar-refractivity contribution in [3.63, 3.8) is 0 Å². The Balaban J connectivity index is 1.79. The molecule has 0 aromatic heterocycles. The zero-order valence-electron chi connectivity index (χ0n) is 16.4. The number of nitrogens with zero attached hydrogens (tertiary/aromatic N) is 1. The number of rotatable bonds is 6. The average molecular weight is 550 g/mol. The van der Waals surface area contributed by atoms with Crippen LogP contribution in [-0.4, -0.2) is 51.8 Å². The van der Waals surface area contributed by atoms with E-state index in [9.17, 15) is 29.1 Å². The Bertz CT molecular complexity index is 1220. The smallest absolute Gasteiger partial charge is 0.338 e. The van der Waals surface area contributed by atoms with Crippen molar-refractivity contribution in [3.05, 3.63) is 55.5 Å². The highest BCUT2D eigenvalue weighted by atomic mass is 35.5. The van der Waals surface area contributed by atoms with Crippen LogP contribution in [0.1, 0.15) is 27.1 Å². The van der Waals surface area contributed by atoms with E-state index in [1.54, 1.807) is 12.1 Å².